The topological polar surface area (TPSA) is 38.3 Å². The number of rotatable bonds is 6. The van der Waals surface area contributed by atoms with Gasteiger partial charge in [-0.2, -0.15) is 13.2 Å². The number of carbonyl (C=O) groups excluding carboxylic acids is 1. The molecule has 0 aromatic rings. The van der Waals surface area contributed by atoms with Crippen LogP contribution < -0.4 is 4.72 Å². The van der Waals surface area contributed by atoms with Gasteiger partial charge in [-0.1, -0.05) is 19.3 Å². The van der Waals surface area contributed by atoms with E-state index in [2.05, 4.69) is 4.72 Å². The first-order valence-corrected chi connectivity index (χ1v) is 10.9. The van der Waals surface area contributed by atoms with Crippen molar-refractivity contribution in [2.24, 2.45) is 17.8 Å². The van der Waals surface area contributed by atoms with Gasteiger partial charge in [0.15, 0.2) is 0 Å². The number of carbonyl (C=O) groups is 1. The summed E-state index contributed by atoms with van der Waals surface area (Å²) in [7, 11) is 0. The first kappa shape index (κ1) is 20.3. The van der Waals surface area contributed by atoms with Crippen LogP contribution in [0.15, 0.2) is 0 Å². The van der Waals surface area contributed by atoms with E-state index in [-0.39, 0.29) is 30.1 Å². The molecule has 1 N–H and O–H groups in total. The third-order valence-electron chi connectivity index (χ3n) is 6.30. The molecule has 150 valence electrons. The van der Waals surface area contributed by atoms with E-state index in [4.69, 9.17) is 4.74 Å². The summed E-state index contributed by atoms with van der Waals surface area (Å²) in [4.78, 5) is 12.1. The molecule has 7 heteroatoms. The van der Waals surface area contributed by atoms with Gasteiger partial charge in [-0.3, -0.25) is 9.52 Å². The standard InChI is InChI=1S/C19H30F3NO2S/c20-19(21,22)26-23-16-5-7-17(8-6-16)25-18(24)9-4-15-11-13-2-1-3-14(10-13)12-15/h13-17,23H,1-12H2. The van der Waals surface area contributed by atoms with E-state index in [1.54, 1.807) is 0 Å². The Kier molecular flexibility index (Phi) is 7.17. The summed E-state index contributed by atoms with van der Waals surface area (Å²) in [6.07, 6.45) is 11.9. The molecule has 0 radical (unpaired) electrons. The second-order valence-corrected chi connectivity index (χ2v) is 9.31. The van der Waals surface area contributed by atoms with Crippen molar-refractivity contribution in [3.05, 3.63) is 0 Å². The van der Waals surface area contributed by atoms with Gasteiger partial charge in [0.05, 0.1) is 0 Å². The summed E-state index contributed by atoms with van der Waals surface area (Å²) in [5.41, 5.74) is -4.25. The van der Waals surface area contributed by atoms with Crippen molar-refractivity contribution in [2.75, 3.05) is 0 Å². The number of hydrogen-bond acceptors (Lipinski definition) is 4. The highest BCUT2D eigenvalue weighted by Gasteiger charge is 2.33. The van der Waals surface area contributed by atoms with E-state index >= 15 is 0 Å². The van der Waals surface area contributed by atoms with Crippen molar-refractivity contribution in [3.63, 3.8) is 0 Å². The highest BCUT2D eigenvalue weighted by molar-refractivity contribution is 7.98. The molecule has 3 fully saturated rings. The van der Waals surface area contributed by atoms with Gasteiger partial charge >= 0.3 is 11.5 Å². The van der Waals surface area contributed by atoms with Crippen LogP contribution in [-0.4, -0.2) is 23.6 Å². The third-order valence-corrected chi connectivity index (χ3v) is 6.98. The van der Waals surface area contributed by atoms with Crippen LogP contribution in [0.2, 0.25) is 0 Å². The summed E-state index contributed by atoms with van der Waals surface area (Å²) >= 11 is -0.172. The SMILES string of the molecule is O=C(CCC1CC2CCCC(C2)C1)OC1CCC(NSC(F)(F)F)CC1. The molecule has 0 amide bonds. The number of esters is 1. The van der Waals surface area contributed by atoms with Crippen molar-refractivity contribution >= 4 is 17.9 Å². The number of fused-ring (bicyclic) bond motifs is 2. The minimum absolute atomic E-state index is 0.123. The summed E-state index contributed by atoms with van der Waals surface area (Å²) in [5.74, 6) is 2.30. The molecule has 3 rings (SSSR count). The zero-order valence-corrected chi connectivity index (χ0v) is 16.0. The number of halogens is 3. The Bertz CT molecular complexity index is 454. The van der Waals surface area contributed by atoms with E-state index in [1.165, 1.54) is 38.5 Å². The quantitative estimate of drug-likeness (QED) is 0.471. The van der Waals surface area contributed by atoms with Crippen LogP contribution >= 0.6 is 11.9 Å². The maximum absolute atomic E-state index is 12.2. The molecule has 3 aliphatic carbocycles. The lowest BCUT2D eigenvalue weighted by Crippen LogP contribution is -2.34. The Morgan fingerprint density at radius 1 is 1.00 bits per heavy atom. The van der Waals surface area contributed by atoms with Gasteiger partial charge < -0.3 is 4.74 Å². The first-order valence-electron chi connectivity index (χ1n) is 10.1. The molecule has 26 heavy (non-hydrogen) atoms. The van der Waals surface area contributed by atoms with Gasteiger partial charge in [0.1, 0.15) is 6.10 Å². The summed E-state index contributed by atoms with van der Waals surface area (Å²) in [6, 6.07) is -0.154. The Morgan fingerprint density at radius 2 is 1.65 bits per heavy atom. The molecular formula is C19H30F3NO2S. The largest absolute Gasteiger partial charge is 0.462 e. The van der Waals surface area contributed by atoms with Crippen LogP contribution in [0.1, 0.15) is 77.0 Å². The maximum Gasteiger partial charge on any atom is 0.456 e. The van der Waals surface area contributed by atoms with E-state index in [0.717, 1.165) is 18.3 Å². The lowest BCUT2D eigenvalue weighted by atomic mass is 9.67. The fourth-order valence-corrected chi connectivity index (χ4v) is 5.66. The number of hydrogen-bond donors (Lipinski definition) is 1. The lowest BCUT2D eigenvalue weighted by Gasteiger charge is -2.39. The Labute approximate surface area is 158 Å². The fourth-order valence-electron chi connectivity index (χ4n) is 5.12. The first-order chi connectivity index (χ1) is 12.4. The lowest BCUT2D eigenvalue weighted by molar-refractivity contribution is -0.151. The molecule has 3 nitrogen and oxygen atoms in total. The summed E-state index contributed by atoms with van der Waals surface area (Å²) in [5, 5.41) is 0. The number of nitrogens with one attached hydrogen (secondary N) is 1. The molecule has 0 aromatic carbocycles. The molecule has 0 heterocycles. The van der Waals surface area contributed by atoms with Crippen molar-refractivity contribution in [2.45, 2.75) is 94.7 Å². The highest BCUT2D eigenvalue weighted by atomic mass is 32.2. The molecule has 0 aliphatic heterocycles. The second-order valence-electron chi connectivity index (χ2n) is 8.40. The van der Waals surface area contributed by atoms with E-state index in [9.17, 15) is 18.0 Å². The van der Waals surface area contributed by atoms with Gasteiger partial charge in [0.25, 0.3) is 0 Å². The zero-order chi connectivity index (χ0) is 18.6. The third kappa shape index (κ3) is 6.63. The smallest absolute Gasteiger partial charge is 0.456 e. The van der Waals surface area contributed by atoms with Crippen molar-refractivity contribution < 1.29 is 22.7 Å². The molecule has 2 unspecified atom stereocenters. The van der Waals surface area contributed by atoms with E-state index < -0.39 is 5.51 Å². The van der Waals surface area contributed by atoms with E-state index in [0.29, 0.717) is 38.0 Å². The predicted octanol–water partition coefficient (Wildman–Crippen LogP) is 5.60. The molecule has 0 saturated heterocycles. The molecule has 3 saturated carbocycles. The van der Waals surface area contributed by atoms with Gasteiger partial charge in [0, 0.05) is 24.4 Å². The Morgan fingerprint density at radius 3 is 2.27 bits per heavy atom. The van der Waals surface area contributed by atoms with Crippen molar-refractivity contribution in [1.29, 1.82) is 0 Å². The summed E-state index contributed by atoms with van der Waals surface area (Å²) < 4.78 is 44.7. The zero-order valence-electron chi connectivity index (χ0n) is 15.2. The van der Waals surface area contributed by atoms with Crippen LogP contribution in [0, 0.1) is 17.8 Å². The second kappa shape index (κ2) is 9.18. The van der Waals surface area contributed by atoms with Crippen LogP contribution in [0.25, 0.3) is 0 Å². The minimum Gasteiger partial charge on any atom is -0.462 e. The van der Waals surface area contributed by atoms with Crippen molar-refractivity contribution in [3.8, 4) is 0 Å². The van der Waals surface area contributed by atoms with Crippen LogP contribution in [-0.2, 0) is 9.53 Å². The molecule has 2 bridgehead atoms. The van der Waals surface area contributed by atoms with Crippen LogP contribution in [0.5, 0.6) is 0 Å². The number of alkyl halides is 3. The fraction of sp³-hybridized carbons (Fsp3) is 0.947. The van der Waals surface area contributed by atoms with Crippen LogP contribution in [0.4, 0.5) is 13.2 Å². The number of ether oxygens (including phenoxy) is 1. The Hall–Kier alpha value is -0.430. The molecular weight excluding hydrogens is 363 g/mol. The molecule has 3 aliphatic rings. The average Bonchev–Trinajstić information content (AvgIpc) is 2.58. The molecule has 2 atom stereocenters. The van der Waals surface area contributed by atoms with Gasteiger partial charge in [-0.15, -0.1) is 0 Å². The Balaban J connectivity index is 1.30. The van der Waals surface area contributed by atoms with Crippen LogP contribution in [0.3, 0.4) is 0 Å². The van der Waals surface area contributed by atoms with Crippen molar-refractivity contribution in [1.82, 2.24) is 4.72 Å². The normalized spacial score (nSPS) is 35.1. The minimum atomic E-state index is -4.25. The van der Waals surface area contributed by atoms with Gasteiger partial charge in [-0.05, 0) is 69.1 Å². The van der Waals surface area contributed by atoms with Gasteiger partial charge in [0.2, 0.25) is 0 Å². The predicted molar refractivity (Wildman–Crippen MR) is 96.3 cm³/mol. The molecule has 0 aromatic heterocycles. The summed E-state index contributed by atoms with van der Waals surface area (Å²) in [6.45, 7) is 0. The van der Waals surface area contributed by atoms with E-state index in [1.807, 2.05) is 0 Å². The average molecular weight is 394 g/mol. The van der Waals surface area contributed by atoms with Gasteiger partial charge in [-0.25, -0.2) is 0 Å². The highest BCUT2D eigenvalue weighted by Crippen LogP contribution is 2.43. The monoisotopic (exact) mass is 393 g/mol. The maximum atomic E-state index is 12.2. The molecule has 0 spiro atoms.